The van der Waals surface area contributed by atoms with Crippen LogP contribution in [0.25, 0.3) is 10.9 Å². The average Bonchev–Trinajstić information content (AvgIpc) is 3.34. The minimum atomic E-state index is -0.270. The highest BCUT2D eigenvalue weighted by atomic mass is 16.5. The largest absolute Gasteiger partial charge is 0.383 e. The molecule has 1 saturated heterocycles. The lowest BCUT2D eigenvalue weighted by atomic mass is 10.0. The lowest BCUT2D eigenvalue weighted by Gasteiger charge is -2.26. The first-order chi connectivity index (χ1) is 13.2. The van der Waals surface area contributed by atoms with Gasteiger partial charge >= 0.3 is 0 Å². The maximum Gasteiger partial charge on any atom is 0.253 e. The summed E-state index contributed by atoms with van der Waals surface area (Å²) in [6, 6.07) is 7.75. The summed E-state index contributed by atoms with van der Waals surface area (Å²) in [6.07, 6.45) is 2.22. The van der Waals surface area contributed by atoms with Gasteiger partial charge in [0.1, 0.15) is 6.04 Å². The van der Waals surface area contributed by atoms with Gasteiger partial charge in [0.2, 0.25) is 0 Å². The van der Waals surface area contributed by atoms with Crippen LogP contribution in [0.15, 0.2) is 29.1 Å². The van der Waals surface area contributed by atoms with Crippen molar-refractivity contribution in [3.05, 3.63) is 51.6 Å². The molecular formula is C19H24N6O2. The fourth-order valence-corrected chi connectivity index (χ4v) is 3.79. The molecule has 3 aromatic rings. The molecule has 0 bridgehead atoms. The number of H-pyrrole nitrogens is 1. The summed E-state index contributed by atoms with van der Waals surface area (Å²) in [7, 11) is 1.65. The molecule has 2 aromatic heterocycles. The predicted molar refractivity (Wildman–Crippen MR) is 102 cm³/mol. The third-order valence-corrected chi connectivity index (χ3v) is 5.14. The first-order valence-electron chi connectivity index (χ1n) is 9.30. The van der Waals surface area contributed by atoms with Gasteiger partial charge in [-0.3, -0.25) is 9.69 Å². The lowest BCUT2D eigenvalue weighted by molar-refractivity contribution is 0.178. The molecule has 1 aliphatic heterocycles. The van der Waals surface area contributed by atoms with E-state index in [0.29, 0.717) is 24.5 Å². The molecule has 0 spiro atoms. The monoisotopic (exact) mass is 368 g/mol. The fourth-order valence-electron chi connectivity index (χ4n) is 3.79. The van der Waals surface area contributed by atoms with Crippen LogP contribution in [0.3, 0.4) is 0 Å². The van der Waals surface area contributed by atoms with Crippen LogP contribution in [0.1, 0.15) is 35.8 Å². The first-order valence-corrected chi connectivity index (χ1v) is 9.30. The van der Waals surface area contributed by atoms with Crippen LogP contribution >= 0.6 is 0 Å². The Hall–Kier alpha value is -2.58. The molecule has 0 radical (unpaired) electrons. The highest BCUT2D eigenvalue weighted by molar-refractivity contribution is 5.79. The van der Waals surface area contributed by atoms with E-state index in [1.54, 1.807) is 11.8 Å². The topological polar surface area (TPSA) is 88.9 Å². The summed E-state index contributed by atoms with van der Waals surface area (Å²) in [5, 5.41) is 13.3. The van der Waals surface area contributed by atoms with Gasteiger partial charge in [-0.2, -0.15) is 0 Å². The van der Waals surface area contributed by atoms with Crippen molar-refractivity contribution in [1.82, 2.24) is 30.1 Å². The quantitative estimate of drug-likeness (QED) is 0.712. The zero-order chi connectivity index (χ0) is 18.8. The summed E-state index contributed by atoms with van der Waals surface area (Å²) in [4.78, 5) is 18.3. The molecule has 1 aliphatic rings. The fraction of sp³-hybridized carbons (Fsp3) is 0.474. The van der Waals surface area contributed by atoms with Gasteiger partial charge in [-0.1, -0.05) is 11.6 Å². The number of hydrogen-bond acceptors (Lipinski definition) is 6. The zero-order valence-corrected chi connectivity index (χ0v) is 15.7. The smallest absolute Gasteiger partial charge is 0.253 e. The molecule has 0 aliphatic carbocycles. The normalized spacial score (nSPS) is 16.2. The maximum atomic E-state index is 13.0. The van der Waals surface area contributed by atoms with E-state index in [1.165, 1.54) is 0 Å². The second-order valence-corrected chi connectivity index (χ2v) is 7.04. The number of hydrogen-bond donors (Lipinski definition) is 1. The van der Waals surface area contributed by atoms with Crippen LogP contribution in [0, 0.1) is 6.92 Å². The first kappa shape index (κ1) is 17.8. The molecule has 0 saturated carbocycles. The Bertz CT molecular complexity index is 989. The average molecular weight is 368 g/mol. The van der Waals surface area contributed by atoms with Crippen molar-refractivity contribution in [3.63, 3.8) is 0 Å². The van der Waals surface area contributed by atoms with Crippen LogP contribution in [-0.4, -0.2) is 56.9 Å². The van der Waals surface area contributed by atoms with Crippen molar-refractivity contribution in [2.75, 3.05) is 26.8 Å². The van der Waals surface area contributed by atoms with Gasteiger partial charge in [-0.05, 0) is 66.9 Å². The van der Waals surface area contributed by atoms with Crippen molar-refractivity contribution < 1.29 is 4.74 Å². The van der Waals surface area contributed by atoms with Crippen molar-refractivity contribution in [1.29, 1.82) is 0 Å². The molecule has 0 amide bonds. The second-order valence-electron chi connectivity index (χ2n) is 7.04. The van der Waals surface area contributed by atoms with Crippen LogP contribution in [-0.2, 0) is 11.3 Å². The number of nitrogens with one attached hydrogen (secondary N) is 1. The zero-order valence-electron chi connectivity index (χ0n) is 15.7. The SMILES string of the molecule is COCCn1nnnc1[C@H](c1cc2cc(C)ccc2[nH]c1=O)N1CCCC1. The van der Waals surface area contributed by atoms with Gasteiger partial charge in [0.15, 0.2) is 5.82 Å². The van der Waals surface area contributed by atoms with Crippen LogP contribution in [0.4, 0.5) is 0 Å². The Labute approximate surface area is 157 Å². The number of aromatic amines is 1. The minimum Gasteiger partial charge on any atom is -0.383 e. The highest BCUT2D eigenvalue weighted by Crippen LogP contribution is 2.29. The van der Waals surface area contributed by atoms with E-state index in [0.717, 1.165) is 42.4 Å². The van der Waals surface area contributed by atoms with Crippen molar-refractivity contribution >= 4 is 10.9 Å². The summed E-state index contributed by atoms with van der Waals surface area (Å²) in [5.74, 6) is 0.687. The molecule has 8 heteroatoms. The molecule has 3 heterocycles. The van der Waals surface area contributed by atoms with Crippen molar-refractivity contribution in [2.45, 2.75) is 32.4 Å². The third kappa shape index (κ3) is 3.50. The van der Waals surface area contributed by atoms with Crippen LogP contribution < -0.4 is 5.56 Å². The minimum absolute atomic E-state index is 0.0930. The number of nitrogens with zero attached hydrogens (tertiary/aromatic N) is 5. The standard InChI is InChI=1S/C19H24N6O2/c1-13-5-6-16-14(11-13)12-15(19(26)20-16)17(24-7-3-4-8-24)18-21-22-23-25(18)9-10-27-2/h5-6,11-12,17H,3-4,7-10H2,1-2H3,(H,20,26)/t17-/m0/s1. The second kappa shape index (κ2) is 7.58. The number of ether oxygens (including phenoxy) is 1. The van der Waals surface area contributed by atoms with E-state index in [9.17, 15) is 4.79 Å². The number of likely N-dealkylation sites (tertiary alicyclic amines) is 1. The van der Waals surface area contributed by atoms with Crippen molar-refractivity contribution in [2.24, 2.45) is 0 Å². The number of aryl methyl sites for hydroxylation is 1. The Morgan fingerprint density at radius 2 is 2.07 bits per heavy atom. The number of methoxy groups -OCH3 is 1. The summed E-state index contributed by atoms with van der Waals surface area (Å²) in [5.41, 5.74) is 2.59. The van der Waals surface area contributed by atoms with E-state index in [2.05, 4.69) is 31.5 Å². The number of tetrazole rings is 1. The molecule has 142 valence electrons. The Balaban J connectivity index is 1.84. The summed E-state index contributed by atoms with van der Waals surface area (Å²) >= 11 is 0. The Kier molecular flexibility index (Phi) is 5.00. The van der Waals surface area contributed by atoms with E-state index < -0.39 is 0 Å². The summed E-state index contributed by atoms with van der Waals surface area (Å²) in [6.45, 7) is 4.96. The van der Waals surface area contributed by atoms with Crippen molar-refractivity contribution in [3.8, 4) is 0 Å². The van der Waals surface area contributed by atoms with Gasteiger partial charge < -0.3 is 9.72 Å². The van der Waals surface area contributed by atoms with Gasteiger partial charge in [0, 0.05) is 18.2 Å². The molecule has 1 aromatic carbocycles. The van der Waals surface area contributed by atoms with Gasteiger partial charge in [-0.15, -0.1) is 5.10 Å². The molecule has 4 rings (SSSR count). The number of fused-ring (bicyclic) bond motifs is 1. The highest BCUT2D eigenvalue weighted by Gasteiger charge is 2.31. The van der Waals surface area contributed by atoms with Gasteiger partial charge in [0.05, 0.1) is 13.2 Å². The molecule has 1 atom stereocenters. The van der Waals surface area contributed by atoms with E-state index >= 15 is 0 Å². The molecule has 1 N–H and O–H groups in total. The maximum absolute atomic E-state index is 13.0. The number of rotatable bonds is 6. The number of benzene rings is 1. The predicted octanol–water partition coefficient (Wildman–Crippen LogP) is 1.65. The Morgan fingerprint density at radius 1 is 1.26 bits per heavy atom. The van der Waals surface area contributed by atoms with E-state index in [4.69, 9.17) is 4.74 Å². The Morgan fingerprint density at radius 3 is 2.85 bits per heavy atom. The molecule has 0 unspecified atom stereocenters. The van der Waals surface area contributed by atoms with Crippen LogP contribution in [0.5, 0.6) is 0 Å². The molecule has 27 heavy (non-hydrogen) atoms. The lowest BCUT2D eigenvalue weighted by Crippen LogP contribution is -2.33. The molecular weight excluding hydrogens is 344 g/mol. The van der Waals surface area contributed by atoms with E-state index in [-0.39, 0.29) is 11.6 Å². The third-order valence-electron chi connectivity index (χ3n) is 5.14. The van der Waals surface area contributed by atoms with Gasteiger partial charge in [-0.25, -0.2) is 4.68 Å². The molecule has 8 nitrogen and oxygen atoms in total. The van der Waals surface area contributed by atoms with E-state index in [1.807, 2.05) is 25.1 Å². The number of pyridine rings is 1. The number of aromatic nitrogens is 5. The summed E-state index contributed by atoms with van der Waals surface area (Å²) < 4.78 is 6.92. The van der Waals surface area contributed by atoms with Gasteiger partial charge in [0.25, 0.3) is 5.56 Å². The molecule has 1 fully saturated rings. The van der Waals surface area contributed by atoms with Crippen LogP contribution in [0.2, 0.25) is 0 Å².